The monoisotopic (exact) mass is 360 g/mol. The normalized spacial score (nSPS) is 10.2. The van der Waals surface area contributed by atoms with Crippen LogP contribution in [-0.4, -0.2) is 52.3 Å². The van der Waals surface area contributed by atoms with E-state index in [0.717, 1.165) is 14.2 Å². The largest absolute Gasteiger partial charge is 0.465 e. The molecule has 2 rings (SSSR count). The Morgan fingerprint density at radius 2 is 1.08 bits per heavy atom. The minimum absolute atomic E-state index is 0.0338. The first-order chi connectivity index (χ1) is 12.4. The van der Waals surface area contributed by atoms with Crippen LogP contribution in [0.4, 0.5) is 0 Å². The van der Waals surface area contributed by atoms with Gasteiger partial charge in [-0.3, -0.25) is 0 Å². The highest BCUT2D eigenvalue weighted by Crippen LogP contribution is 2.28. The topological polar surface area (TPSA) is 105 Å². The lowest BCUT2D eigenvalue weighted by Gasteiger charge is -2.13. The van der Waals surface area contributed by atoms with Crippen LogP contribution in [0.3, 0.4) is 0 Å². The number of hydrogen-bond donors (Lipinski definition) is 0. The molecule has 0 aliphatic rings. The molecule has 136 valence electrons. The Labute approximate surface area is 148 Å². The molecule has 2 aromatic carbocycles. The third-order valence-electron chi connectivity index (χ3n) is 3.76. The molecule has 0 heterocycles. The van der Waals surface area contributed by atoms with Crippen LogP contribution < -0.4 is 0 Å². The van der Waals surface area contributed by atoms with Crippen LogP contribution in [0.1, 0.15) is 41.4 Å². The molecule has 0 N–H and O–H groups in total. The van der Waals surface area contributed by atoms with Gasteiger partial charge in [0.2, 0.25) is 0 Å². The van der Waals surface area contributed by atoms with Gasteiger partial charge in [0.25, 0.3) is 0 Å². The first-order valence-electron chi connectivity index (χ1n) is 7.33. The zero-order valence-corrected chi connectivity index (χ0v) is 14.6. The van der Waals surface area contributed by atoms with Crippen molar-refractivity contribution in [1.82, 2.24) is 0 Å². The summed E-state index contributed by atoms with van der Waals surface area (Å²) < 4.78 is 18.8. The predicted octanol–water partition coefficient (Wildman–Crippen LogP) is 1.99. The molecule has 2 aromatic rings. The summed E-state index contributed by atoms with van der Waals surface area (Å²) in [6, 6.07) is 5.55. The molecule has 8 nitrogen and oxygen atoms in total. The molecule has 0 bridgehead atoms. The maximum absolute atomic E-state index is 12.3. The van der Waals surface area contributed by atoms with Gasteiger partial charge < -0.3 is 18.9 Å². The number of benzene rings is 2. The number of esters is 4. The SMILES string of the molecule is COC(=O)c1cc2ccc(C(=O)OC)c(C(=O)OC)c2cc1C(=O)OC. The molecule has 26 heavy (non-hydrogen) atoms. The van der Waals surface area contributed by atoms with Crippen LogP contribution >= 0.6 is 0 Å². The molecule has 0 saturated heterocycles. The van der Waals surface area contributed by atoms with Gasteiger partial charge in [-0.15, -0.1) is 0 Å². The van der Waals surface area contributed by atoms with Gasteiger partial charge in [-0.2, -0.15) is 0 Å². The number of carbonyl (C=O) groups is 4. The van der Waals surface area contributed by atoms with E-state index in [1.54, 1.807) is 0 Å². The number of fused-ring (bicyclic) bond motifs is 1. The summed E-state index contributed by atoms with van der Waals surface area (Å²) in [6.07, 6.45) is 0. The second-order valence-electron chi connectivity index (χ2n) is 5.07. The number of methoxy groups -OCH3 is 4. The van der Waals surface area contributed by atoms with Crippen molar-refractivity contribution in [1.29, 1.82) is 0 Å². The fourth-order valence-corrected chi connectivity index (χ4v) is 2.53. The fourth-order valence-electron chi connectivity index (χ4n) is 2.53. The van der Waals surface area contributed by atoms with Crippen molar-refractivity contribution in [3.63, 3.8) is 0 Å². The van der Waals surface area contributed by atoms with Gasteiger partial charge in [0.1, 0.15) is 0 Å². The van der Waals surface area contributed by atoms with E-state index in [1.807, 2.05) is 0 Å². The van der Waals surface area contributed by atoms with Gasteiger partial charge in [-0.25, -0.2) is 19.2 Å². The molecule has 0 unspecified atom stereocenters. The Kier molecular flexibility index (Phi) is 5.56. The van der Waals surface area contributed by atoms with E-state index in [9.17, 15) is 19.2 Å². The van der Waals surface area contributed by atoms with E-state index in [0.29, 0.717) is 5.39 Å². The maximum atomic E-state index is 12.3. The van der Waals surface area contributed by atoms with Crippen LogP contribution in [0.2, 0.25) is 0 Å². The van der Waals surface area contributed by atoms with Gasteiger partial charge in [0, 0.05) is 0 Å². The van der Waals surface area contributed by atoms with Crippen molar-refractivity contribution >= 4 is 34.6 Å². The Morgan fingerprint density at radius 3 is 1.58 bits per heavy atom. The molecule has 0 spiro atoms. The average molecular weight is 360 g/mol. The van der Waals surface area contributed by atoms with Gasteiger partial charge in [-0.05, 0) is 29.0 Å². The minimum Gasteiger partial charge on any atom is -0.465 e. The molecule has 0 fully saturated rings. The van der Waals surface area contributed by atoms with E-state index in [1.165, 1.54) is 38.5 Å². The van der Waals surface area contributed by atoms with Gasteiger partial charge >= 0.3 is 23.9 Å². The zero-order chi connectivity index (χ0) is 19.4. The number of rotatable bonds is 4. The molecular weight excluding hydrogens is 344 g/mol. The highest BCUT2D eigenvalue weighted by molar-refractivity contribution is 6.15. The lowest BCUT2D eigenvalue weighted by molar-refractivity contribution is 0.0554. The van der Waals surface area contributed by atoms with Crippen LogP contribution in [0.5, 0.6) is 0 Å². The number of hydrogen-bond acceptors (Lipinski definition) is 8. The lowest BCUT2D eigenvalue weighted by atomic mass is 9.94. The van der Waals surface area contributed by atoms with E-state index < -0.39 is 23.9 Å². The number of carbonyl (C=O) groups excluding carboxylic acids is 4. The summed E-state index contributed by atoms with van der Waals surface area (Å²) in [7, 11) is 4.66. The molecule has 0 aliphatic carbocycles. The van der Waals surface area contributed by atoms with Crippen LogP contribution in [-0.2, 0) is 18.9 Å². The molecule has 0 radical (unpaired) electrons. The Morgan fingerprint density at radius 1 is 0.615 bits per heavy atom. The van der Waals surface area contributed by atoms with Gasteiger partial charge in [0.15, 0.2) is 0 Å². The number of ether oxygens (including phenoxy) is 4. The van der Waals surface area contributed by atoms with E-state index in [4.69, 9.17) is 9.47 Å². The third kappa shape index (κ3) is 3.21. The lowest BCUT2D eigenvalue weighted by Crippen LogP contribution is -2.15. The summed E-state index contributed by atoms with van der Waals surface area (Å²) in [5, 5.41) is 0.652. The standard InChI is InChI=1S/C18H16O8/c1-23-15(19)10-6-5-9-7-12(16(20)24-2)13(17(21)25-3)8-11(9)14(10)18(22)26-4/h5-8H,1-4H3. The van der Waals surface area contributed by atoms with Crippen LogP contribution in [0, 0.1) is 0 Å². The van der Waals surface area contributed by atoms with Crippen molar-refractivity contribution in [3.05, 3.63) is 46.5 Å². The Balaban J connectivity index is 2.93. The molecule has 8 heteroatoms. The Bertz CT molecular complexity index is 899. The van der Waals surface area contributed by atoms with Crippen molar-refractivity contribution in [3.8, 4) is 0 Å². The van der Waals surface area contributed by atoms with Crippen LogP contribution in [0.15, 0.2) is 24.3 Å². The molecule has 0 aromatic heterocycles. The second-order valence-corrected chi connectivity index (χ2v) is 5.07. The average Bonchev–Trinajstić information content (AvgIpc) is 2.69. The highest BCUT2D eigenvalue weighted by Gasteiger charge is 2.25. The third-order valence-corrected chi connectivity index (χ3v) is 3.76. The van der Waals surface area contributed by atoms with Crippen molar-refractivity contribution in [2.45, 2.75) is 0 Å². The van der Waals surface area contributed by atoms with Gasteiger partial charge in [0.05, 0.1) is 50.7 Å². The smallest absolute Gasteiger partial charge is 0.339 e. The molecule has 0 aliphatic heterocycles. The van der Waals surface area contributed by atoms with Crippen molar-refractivity contribution in [2.75, 3.05) is 28.4 Å². The predicted molar refractivity (Wildman–Crippen MR) is 89.3 cm³/mol. The van der Waals surface area contributed by atoms with E-state index in [-0.39, 0.29) is 27.6 Å². The summed E-state index contributed by atoms with van der Waals surface area (Å²) in [6.45, 7) is 0. The van der Waals surface area contributed by atoms with Crippen molar-refractivity contribution in [2.24, 2.45) is 0 Å². The Hall–Kier alpha value is -3.42. The first kappa shape index (κ1) is 18.9. The summed E-state index contributed by atoms with van der Waals surface area (Å²) in [5.41, 5.74) is -0.264. The first-order valence-corrected chi connectivity index (χ1v) is 7.33. The van der Waals surface area contributed by atoms with E-state index in [2.05, 4.69) is 9.47 Å². The highest BCUT2D eigenvalue weighted by atomic mass is 16.5. The summed E-state index contributed by atoms with van der Waals surface area (Å²) in [5.74, 6) is -3.09. The fraction of sp³-hybridized carbons (Fsp3) is 0.222. The molecular formula is C18H16O8. The minimum atomic E-state index is -0.799. The zero-order valence-electron chi connectivity index (χ0n) is 14.6. The second kappa shape index (κ2) is 7.64. The van der Waals surface area contributed by atoms with Crippen molar-refractivity contribution < 1.29 is 38.1 Å². The van der Waals surface area contributed by atoms with Crippen LogP contribution in [0.25, 0.3) is 10.8 Å². The molecule has 0 atom stereocenters. The maximum Gasteiger partial charge on any atom is 0.339 e. The van der Waals surface area contributed by atoms with E-state index >= 15 is 0 Å². The molecule has 0 saturated carbocycles. The molecule has 0 amide bonds. The quantitative estimate of drug-likeness (QED) is 0.602. The van der Waals surface area contributed by atoms with Gasteiger partial charge in [-0.1, -0.05) is 6.07 Å². The summed E-state index contributed by atoms with van der Waals surface area (Å²) in [4.78, 5) is 48.3. The summed E-state index contributed by atoms with van der Waals surface area (Å²) >= 11 is 0.